The summed E-state index contributed by atoms with van der Waals surface area (Å²) < 4.78 is 52.0. The molecule has 2 rings (SSSR count). The summed E-state index contributed by atoms with van der Waals surface area (Å²) in [6.07, 6.45) is 0.0147. The predicted molar refractivity (Wildman–Crippen MR) is 55.5 cm³/mol. The van der Waals surface area contributed by atoms with Crippen LogP contribution in [0.5, 0.6) is 0 Å². The maximum absolute atomic E-state index is 13.3. The van der Waals surface area contributed by atoms with Gasteiger partial charge in [0.1, 0.15) is 0 Å². The smallest absolute Gasteiger partial charge is 0.197 e. The molecular formula is C13H8F4. The molecule has 0 aliphatic rings. The summed E-state index contributed by atoms with van der Waals surface area (Å²) in [7, 11) is 0. The molecule has 17 heavy (non-hydrogen) atoms. The molecule has 0 bridgehead atoms. The Morgan fingerprint density at radius 1 is 0.765 bits per heavy atom. The van der Waals surface area contributed by atoms with E-state index >= 15 is 0 Å². The van der Waals surface area contributed by atoms with Gasteiger partial charge in [0.15, 0.2) is 23.3 Å². The fourth-order valence-corrected chi connectivity index (χ4v) is 1.57. The maximum Gasteiger partial charge on any atom is 0.197 e. The predicted octanol–water partition coefficient (Wildman–Crippen LogP) is 3.83. The molecule has 0 atom stereocenters. The molecule has 0 fully saturated rings. The number of halogens is 4. The Morgan fingerprint density at radius 2 is 1.41 bits per heavy atom. The van der Waals surface area contributed by atoms with Gasteiger partial charge in [0.2, 0.25) is 0 Å². The van der Waals surface area contributed by atoms with E-state index in [1.165, 1.54) is 0 Å². The Bertz CT molecular complexity index is 535. The van der Waals surface area contributed by atoms with Gasteiger partial charge in [-0.2, -0.15) is 0 Å². The van der Waals surface area contributed by atoms with Gasteiger partial charge in [-0.25, -0.2) is 17.6 Å². The second kappa shape index (κ2) is 4.57. The van der Waals surface area contributed by atoms with Crippen LogP contribution < -0.4 is 0 Å². The van der Waals surface area contributed by atoms with Crippen LogP contribution >= 0.6 is 0 Å². The molecule has 0 amide bonds. The van der Waals surface area contributed by atoms with E-state index < -0.39 is 23.3 Å². The molecular weight excluding hydrogens is 232 g/mol. The number of rotatable bonds is 2. The molecule has 2 aromatic carbocycles. The van der Waals surface area contributed by atoms with Crippen molar-refractivity contribution in [2.45, 2.75) is 6.42 Å². The summed E-state index contributed by atoms with van der Waals surface area (Å²) >= 11 is 0. The van der Waals surface area contributed by atoms with Gasteiger partial charge >= 0.3 is 0 Å². The molecule has 0 radical (unpaired) electrons. The normalized spacial score (nSPS) is 10.6. The summed E-state index contributed by atoms with van der Waals surface area (Å²) in [6.45, 7) is 0. The molecule has 2 aromatic rings. The molecule has 0 N–H and O–H groups in total. The lowest BCUT2D eigenvalue weighted by Gasteiger charge is -2.05. The van der Waals surface area contributed by atoms with Crippen LogP contribution in [0.25, 0.3) is 0 Å². The van der Waals surface area contributed by atoms with E-state index in [0.717, 1.165) is 0 Å². The van der Waals surface area contributed by atoms with Crippen molar-refractivity contribution in [1.29, 1.82) is 0 Å². The number of hydrogen-bond donors (Lipinski definition) is 0. The Balaban J connectivity index is 2.41. The van der Waals surface area contributed by atoms with Crippen molar-refractivity contribution in [2.24, 2.45) is 0 Å². The Morgan fingerprint density at radius 3 is 2.06 bits per heavy atom. The minimum atomic E-state index is -1.78. The van der Waals surface area contributed by atoms with E-state index in [2.05, 4.69) is 0 Å². The van der Waals surface area contributed by atoms with Crippen LogP contribution in [0.2, 0.25) is 0 Å². The SMILES string of the molecule is Fc1cc(Cc2ccccc2)c(F)c(F)c1F. The van der Waals surface area contributed by atoms with Gasteiger partial charge in [-0.15, -0.1) is 0 Å². The summed E-state index contributed by atoms with van der Waals surface area (Å²) in [5.74, 6) is -6.27. The lowest BCUT2D eigenvalue weighted by atomic mass is 10.0. The van der Waals surface area contributed by atoms with Gasteiger partial charge in [-0.05, 0) is 17.2 Å². The molecule has 0 heterocycles. The molecule has 88 valence electrons. The van der Waals surface area contributed by atoms with E-state index in [9.17, 15) is 17.6 Å². The van der Waals surface area contributed by atoms with Crippen LogP contribution in [0, 0.1) is 23.3 Å². The first-order valence-corrected chi connectivity index (χ1v) is 4.95. The van der Waals surface area contributed by atoms with Crippen molar-refractivity contribution in [2.75, 3.05) is 0 Å². The summed E-state index contributed by atoms with van der Waals surface area (Å²) in [6, 6.07) is 9.29. The van der Waals surface area contributed by atoms with Crippen LogP contribution in [-0.2, 0) is 6.42 Å². The van der Waals surface area contributed by atoms with E-state index in [0.29, 0.717) is 11.6 Å². The first-order valence-electron chi connectivity index (χ1n) is 4.95. The highest BCUT2D eigenvalue weighted by molar-refractivity contribution is 5.28. The van der Waals surface area contributed by atoms with Crippen LogP contribution in [0.3, 0.4) is 0 Å². The van der Waals surface area contributed by atoms with Gasteiger partial charge in [0.05, 0.1) is 0 Å². The molecule has 0 saturated heterocycles. The van der Waals surface area contributed by atoms with E-state index in [1.807, 2.05) is 0 Å². The first kappa shape index (κ1) is 11.6. The summed E-state index contributed by atoms with van der Waals surface area (Å²) in [5, 5.41) is 0. The highest BCUT2D eigenvalue weighted by Crippen LogP contribution is 2.21. The van der Waals surface area contributed by atoms with Crippen LogP contribution in [0.15, 0.2) is 36.4 Å². The molecule has 0 aliphatic heterocycles. The van der Waals surface area contributed by atoms with Gasteiger partial charge in [0, 0.05) is 6.42 Å². The fourth-order valence-electron chi connectivity index (χ4n) is 1.57. The maximum atomic E-state index is 13.3. The lowest BCUT2D eigenvalue weighted by Crippen LogP contribution is -2.02. The van der Waals surface area contributed by atoms with E-state index in [4.69, 9.17) is 0 Å². The van der Waals surface area contributed by atoms with Crippen molar-refractivity contribution in [1.82, 2.24) is 0 Å². The molecule has 4 heteroatoms. The third kappa shape index (κ3) is 2.30. The average Bonchev–Trinajstić information content (AvgIpc) is 2.35. The molecule has 0 spiro atoms. The Kier molecular flexibility index (Phi) is 3.13. The highest BCUT2D eigenvalue weighted by atomic mass is 19.2. The van der Waals surface area contributed by atoms with E-state index in [1.54, 1.807) is 30.3 Å². The van der Waals surface area contributed by atoms with Crippen LogP contribution in [-0.4, -0.2) is 0 Å². The zero-order valence-corrected chi connectivity index (χ0v) is 8.68. The number of benzene rings is 2. The summed E-state index contributed by atoms with van der Waals surface area (Å²) in [4.78, 5) is 0. The standard InChI is InChI=1S/C13H8F4/c14-10-7-9(11(15)13(17)12(10)16)6-8-4-2-1-3-5-8/h1-5,7H,6H2. The zero-order valence-electron chi connectivity index (χ0n) is 8.68. The second-order valence-electron chi connectivity index (χ2n) is 3.62. The molecule has 0 unspecified atom stereocenters. The third-order valence-electron chi connectivity index (χ3n) is 2.42. The Hall–Kier alpha value is -1.84. The van der Waals surface area contributed by atoms with Crippen molar-refractivity contribution < 1.29 is 17.6 Å². The average molecular weight is 240 g/mol. The number of hydrogen-bond acceptors (Lipinski definition) is 0. The van der Waals surface area contributed by atoms with Crippen LogP contribution in [0.4, 0.5) is 17.6 Å². The fraction of sp³-hybridized carbons (Fsp3) is 0.0769. The van der Waals surface area contributed by atoms with Gasteiger partial charge < -0.3 is 0 Å². The lowest BCUT2D eigenvalue weighted by molar-refractivity contribution is 0.405. The molecule has 0 saturated carbocycles. The third-order valence-corrected chi connectivity index (χ3v) is 2.42. The highest BCUT2D eigenvalue weighted by Gasteiger charge is 2.18. The molecule has 0 aliphatic carbocycles. The van der Waals surface area contributed by atoms with Crippen molar-refractivity contribution >= 4 is 0 Å². The monoisotopic (exact) mass is 240 g/mol. The molecule has 0 nitrogen and oxygen atoms in total. The van der Waals surface area contributed by atoms with Crippen molar-refractivity contribution in [3.63, 3.8) is 0 Å². The van der Waals surface area contributed by atoms with Gasteiger partial charge in [-0.1, -0.05) is 30.3 Å². The van der Waals surface area contributed by atoms with Crippen molar-refractivity contribution in [3.8, 4) is 0 Å². The first-order chi connectivity index (χ1) is 8.09. The second-order valence-corrected chi connectivity index (χ2v) is 3.62. The van der Waals surface area contributed by atoms with Gasteiger partial charge in [-0.3, -0.25) is 0 Å². The minimum absolute atomic E-state index is 0.0147. The van der Waals surface area contributed by atoms with E-state index in [-0.39, 0.29) is 12.0 Å². The van der Waals surface area contributed by atoms with Crippen LogP contribution in [0.1, 0.15) is 11.1 Å². The Labute approximate surface area is 95.5 Å². The zero-order chi connectivity index (χ0) is 12.4. The minimum Gasteiger partial charge on any atom is -0.204 e. The van der Waals surface area contributed by atoms with Gasteiger partial charge in [0.25, 0.3) is 0 Å². The largest absolute Gasteiger partial charge is 0.204 e. The molecule has 0 aromatic heterocycles. The quantitative estimate of drug-likeness (QED) is 0.425. The summed E-state index contributed by atoms with van der Waals surface area (Å²) in [5.41, 5.74) is 0.490. The topological polar surface area (TPSA) is 0 Å². The van der Waals surface area contributed by atoms with Crippen molar-refractivity contribution in [3.05, 3.63) is 70.8 Å².